The van der Waals surface area contributed by atoms with E-state index in [2.05, 4.69) is 4.99 Å². The minimum Gasteiger partial charge on any atom is -0.274 e. The molecule has 2 aromatic rings. The SMILES string of the molecule is Cc1ccc(S(=O)(=O)N2C=NC3=CC[C@H]4C(=O)N(c5ccccc5)C(=O)[C@H]4[C@H]32)cc1. The van der Waals surface area contributed by atoms with Crippen molar-refractivity contribution in [3.63, 3.8) is 0 Å². The number of amides is 2. The molecule has 2 aromatic carbocycles. The molecule has 1 fully saturated rings. The zero-order chi connectivity index (χ0) is 21.0. The summed E-state index contributed by atoms with van der Waals surface area (Å²) in [5.74, 6) is -2.10. The van der Waals surface area contributed by atoms with E-state index in [4.69, 9.17) is 0 Å². The maximum atomic E-state index is 13.3. The summed E-state index contributed by atoms with van der Waals surface area (Å²) in [5.41, 5.74) is 1.95. The van der Waals surface area contributed by atoms with E-state index in [0.29, 0.717) is 17.8 Å². The molecular weight excluding hydrogens is 402 g/mol. The lowest BCUT2D eigenvalue weighted by Crippen LogP contribution is -2.46. The lowest BCUT2D eigenvalue weighted by atomic mass is 9.80. The number of carbonyl (C=O) groups excluding carboxylic acids is 2. The topological polar surface area (TPSA) is 87.1 Å². The molecule has 2 aliphatic heterocycles. The summed E-state index contributed by atoms with van der Waals surface area (Å²) in [6, 6.07) is 14.4. The number of anilines is 1. The Kier molecular flexibility index (Phi) is 4.14. The first-order chi connectivity index (χ1) is 14.4. The van der Waals surface area contributed by atoms with Crippen molar-refractivity contribution in [1.82, 2.24) is 4.31 Å². The maximum absolute atomic E-state index is 13.3. The smallest absolute Gasteiger partial charge is 0.265 e. The highest BCUT2D eigenvalue weighted by Crippen LogP contribution is 2.44. The lowest BCUT2D eigenvalue weighted by molar-refractivity contribution is -0.122. The predicted molar refractivity (Wildman–Crippen MR) is 111 cm³/mol. The van der Waals surface area contributed by atoms with Crippen molar-refractivity contribution >= 4 is 33.9 Å². The number of benzene rings is 2. The van der Waals surface area contributed by atoms with Gasteiger partial charge in [0.25, 0.3) is 10.0 Å². The Morgan fingerprint density at radius 2 is 1.67 bits per heavy atom. The summed E-state index contributed by atoms with van der Waals surface area (Å²) < 4.78 is 27.8. The molecule has 0 N–H and O–H groups in total. The van der Waals surface area contributed by atoms with Crippen molar-refractivity contribution in [1.29, 1.82) is 0 Å². The Bertz CT molecular complexity index is 1200. The van der Waals surface area contributed by atoms with Gasteiger partial charge in [-0.1, -0.05) is 42.0 Å². The highest BCUT2D eigenvalue weighted by Gasteiger charge is 2.57. The van der Waals surface area contributed by atoms with Gasteiger partial charge in [0, 0.05) is 0 Å². The summed E-state index contributed by atoms with van der Waals surface area (Å²) in [6.07, 6.45) is 3.39. The van der Waals surface area contributed by atoms with E-state index < -0.39 is 27.9 Å². The fraction of sp³-hybridized carbons (Fsp3) is 0.227. The normalized spacial score (nSPS) is 25.4. The van der Waals surface area contributed by atoms with Crippen molar-refractivity contribution in [3.05, 3.63) is 71.9 Å². The molecule has 30 heavy (non-hydrogen) atoms. The second kappa shape index (κ2) is 6.63. The third-order valence-electron chi connectivity index (χ3n) is 5.91. The molecule has 0 spiro atoms. The van der Waals surface area contributed by atoms with Gasteiger partial charge in [-0.15, -0.1) is 0 Å². The molecule has 3 atom stereocenters. The van der Waals surface area contributed by atoms with Gasteiger partial charge in [0.1, 0.15) is 12.4 Å². The van der Waals surface area contributed by atoms with Crippen LogP contribution in [0.15, 0.2) is 76.3 Å². The van der Waals surface area contributed by atoms with Crippen LogP contribution in [0.25, 0.3) is 0 Å². The van der Waals surface area contributed by atoms with Gasteiger partial charge in [-0.05, 0) is 37.6 Å². The summed E-state index contributed by atoms with van der Waals surface area (Å²) in [6.45, 7) is 1.88. The van der Waals surface area contributed by atoms with E-state index >= 15 is 0 Å². The molecule has 152 valence electrons. The van der Waals surface area contributed by atoms with Crippen LogP contribution >= 0.6 is 0 Å². The van der Waals surface area contributed by atoms with Gasteiger partial charge in [-0.25, -0.2) is 22.6 Å². The zero-order valence-corrected chi connectivity index (χ0v) is 17.0. The van der Waals surface area contributed by atoms with Crippen LogP contribution in [0.4, 0.5) is 5.69 Å². The summed E-state index contributed by atoms with van der Waals surface area (Å²) >= 11 is 0. The molecule has 2 amide bonds. The lowest BCUT2D eigenvalue weighted by Gasteiger charge is -2.32. The van der Waals surface area contributed by atoms with Gasteiger partial charge in [0.15, 0.2) is 0 Å². The quantitative estimate of drug-likeness (QED) is 0.713. The summed E-state index contributed by atoms with van der Waals surface area (Å²) in [4.78, 5) is 32.0. The van der Waals surface area contributed by atoms with Crippen molar-refractivity contribution in [3.8, 4) is 0 Å². The second-order valence-corrected chi connectivity index (χ2v) is 9.52. The van der Waals surface area contributed by atoms with Crippen LogP contribution in [-0.2, 0) is 19.6 Å². The fourth-order valence-corrected chi connectivity index (χ4v) is 5.83. The van der Waals surface area contributed by atoms with Crippen molar-refractivity contribution < 1.29 is 18.0 Å². The number of aliphatic imine (C=N–C) groups is 1. The number of allylic oxidation sites excluding steroid dienone is 1. The maximum Gasteiger partial charge on any atom is 0.265 e. The number of hydrogen-bond acceptors (Lipinski definition) is 5. The van der Waals surface area contributed by atoms with Crippen LogP contribution in [-0.4, -0.2) is 36.9 Å². The number of aryl methyl sites for hydroxylation is 1. The monoisotopic (exact) mass is 421 g/mol. The molecule has 1 saturated heterocycles. The van der Waals surface area contributed by atoms with E-state index in [9.17, 15) is 18.0 Å². The van der Waals surface area contributed by atoms with E-state index in [1.165, 1.54) is 11.2 Å². The number of rotatable bonds is 3. The molecule has 0 saturated carbocycles. The van der Waals surface area contributed by atoms with Crippen LogP contribution in [0.1, 0.15) is 12.0 Å². The Labute approximate surface area is 174 Å². The largest absolute Gasteiger partial charge is 0.274 e. The van der Waals surface area contributed by atoms with Gasteiger partial charge in [-0.3, -0.25) is 9.59 Å². The number of imide groups is 1. The first-order valence-electron chi connectivity index (χ1n) is 9.67. The second-order valence-electron chi connectivity index (χ2n) is 7.68. The van der Waals surface area contributed by atoms with E-state index in [1.807, 2.05) is 13.0 Å². The minimum atomic E-state index is -3.93. The van der Waals surface area contributed by atoms with Crippen LogP contribution in [0.2, 0.25) is 0 Å². The molecule has 7 nitrogen and oxygen atoms in total. The Morgan fingerprint density at radius 1 is 0.967 bits per heavy atom. The van der Waals surface area contributed by atoms with Crippen molar-refractivity contribution in [2.75, 3.05) is 4.90 Å². The van der Waals surface area contributed by atoms with Crippen LogP contribution in [0.3, 0.4) is 0 Å². The molecule has 1 aliphatic carbocycles. The number of hydrogen-bond donors (Lipinski definition) is 0. The average molecular weight is 421 g/mol. The summed E-state index contributed by atoms with van der Waals surface area (Å²) in [7, 11) is -3.93. The number of sulfonamides is 1. The van der Waals surface area contributed by atoms with Crippen molar-refractivity contribution in [2.45, 2.75) is 24.3 Å². The highest BCUT2D eigenvalue weighted by atomic mass is 32.2. The van der Waals surface area contributed by atoms with E-state index in [1.54, 1.807) is 54.6 Å². The number of para-hydroxylation sites is 1. The average Bonchev–Trinajstić information content (AvgIpc) is 3.28. The molecule has 3 aliphatic rings. The molecule has 0 radical (unpaired) electrons. The van der Waals surface area contributed by atoms with E-state index in [0.717, 1.165) is 9.87 Å². The van der Waals surface area contributed by atoms with Gasteiger partial charge >= 0.3 is 0 Å². The first kappa shape index (κ1) is 18.7. The zero-order valence-electron chi connectivity index (χ0n) is 16.2. The standard InChI is InChI=1S/C22H19N3O4S/c1-14-7-9-16(10-8-14)30(28,29)24-13-23-18-12-11-17-19(20(18)24)22(27)25(21(17)26)15-5-3-2-4-6-15/h2-10,12-13,17,19-20H,11H2,1H3/t17-,19-,20+/m1/s1. The Morgan fingerprint density at radius 3 is 2.37 bits per heavy atom. The van der Waals surface area contributed by atoms with Gasteiger partial charge in [-0.2, -0.15) is 0 Å². The molecule has 8 heteroatoms. The Balaban J connectivity index is 1.55. The Hall–Kier alpha value is -3.26. The number of fused-ring (bicyclic) bond motifs is 3. The third kappa shape index (κ3) is 2.64. The number of nitrogens with zero attached hydrogens (tertiary/aromatic N) is 3. The van der Waals surface area contributed by atoms with Crippen LogP contribution in [0.5, 0.6) is 0 Å². The molecular formula is C22H19N3O4S. The van der Waals surface area contributed by atoms with Crippen molar-refractivity contribution in [2.24, 2.45) is 16.8 Å². The molecule has 0 unspecified atom stereocenters. The molecule has 0 aromatic heterocycles. The predicted octanol–water partition coefficient (Wildman–Crippen LogP) is 2.49. The summed E-state index contributed by atoms with van der Waals surface area (Å²) in [5, 5.41) is 0. The van der Waals surface area contributed by atoms with Gasteiger partial charge in [0.05, 0.1) is 28.1 Å². The van der Waals surface area contributed by atoms with E-state index in [-0.39, 0.29) is 16.7 Å². The molecule has 2 heterocycles. The van der Waals surface area contributed by atoms with Gasteiger partial charge in [0.2, 0.25) is 11.8 Å². The molecule has 0 bridgehead atoms. The number of carbonyl (C=O) groups is 2. The minimum absolute atomic E-state index is 0.125. The van der Waals surface area contributed by atoms with Crippen LogP contribution in [0, 0.1) is 18.8 Å². The molecule has 5 rings (SSSR count). The first-order valence-corrected chi connectivity index (χ1v) is 11.1. The highest BCUT2D eigenvalue weighted by molar-refractivity contribution is 7.89. The van der Waals surface area contributed by atoms with Crippen LogP contribution < -0.4 is 4.90 Å². The third-order valence-corrected chi connectivity index (χ3v) is 7.65. The fourth-order valence-electron chi connectivity index (χ4n) is 4.39. The van der Waals surface area contributed by atoms with Gasteiger partial charge < -0.3 is 0 Å².